The molecule has 0 saturated heterocycles. The molecule has 0 unspecified atom stereocenters. The predicted octanol–water partition coefficient (Wildman–Crippen LogP) is 3.43. The highest BCUT2D eigenvalue weighted by atomic mass is 16.2. The number of imide groups is 1. The molecule has 1 aliphatic rings. The van der Waals surface area contributed by atoms with Crippen LogP contribution in [0.5, 0.6) is 0 Å². The van der Waals surface area contributed by atoms with Crippen molar-refractivity contribution >= 4 is 44.8 Å². The molecule has 0 saturated carbocycles. The minimum Gasteiger partial charge on any atom is -0.335 e. The van der Waals surface area contributed by atoms with Gasteiger partial charge in [-0.1, -0.05) is 48.2 Å². The number of hydrogen-bond donors (Lipinski definition) is 1. The van der Waals surface area contributed by atoms with E-state index in [-0.39, 0.29) is 0 Å². The number of carbonyl (C=O) groups excluding carboxylic acids is 2. The lowest BCUT2D eigenvalue weighted by molar-refractivity contribution is -0.122. The van der Waals surface area contributed by atoms with Gasteiger partial charge in [0.05, 0.1) is 24.2 Å². The first-order valence-corrected chi connectivity index (χ1v) is 9.77. The minimum absolute atomic E-state index is 0.348. The molecule has 31 heavy (non-hydrogen) atoms. The zero-order valence-corrected chi connectivity index (χ0v) is 16.6. The first-order chi connectivity index (χ1) is 15.1. The summed E-state index contributed by atoms with van der Waals surface area (Å²) in [5, 5.41) is 4.20. The Morgan fingerprint density at radius 2 is 1.13 bits per heavy atom. The average Bonchev–Trinajstić information content (AvgIpc) is 3.40. The van der Waals surface area contributed by atoms with Gasteiger partial charge in [0.2, 0.25) is 0 Å². The lowest BCUT2D eigenvalue weighted by Crippen LogP contribution is -2.22. The molecule has 5 heteroatoms. The molecule has 148 valence electrons. The van der Waals surface area contributed by atoms with Gasteiger partial charge < -0.3 is 9.13 Å². The van der Waals surface area contributed by atoms with Crippen molar-refractivity contribution in [3.8, 4) is 24.7 Å². The summed E-state index contributed by atoms with van der Waals surface area (Å²) in [5.74, 6) is 4.45. The molecule has 0 spiro atoms. The smallest absolute Gasteiger partial charge is 0.259 e. The van der Waals surface area contributed by atoms with E-state index in [9.17, 15) is 9.59 Å². The van der Waals surface area contributed by atoms with Crippen molar-refractivity contribution in [1.29, 1.82) is 0 Å². The number of fused-ring (bicyclic) bond motifs is 2. The summed E-state index contributed by atoms with van der Waals surface area (Å²) in [7, 11) is 0. The van der Waals surface area contributed by atoms with Crippen LogP contribution < -0.4 is 5.32 Å². The first-order valence-electron chi connectivity index (χ1n) is 9.77. The molecule has 0 radical (unpaired) electrons. The highest BCUT2D eigenvalue weighted by molar-refractivity contribution is 6.50. The van der Waals surface area contributed by atoms with E-state index in [0.717, 1.165) is 21.8 Å². The van der Waals surface area contributed by atoms with Crippen molar-refractivity contribution in [2.24, 2.45) is 0 Å². The highest BCUT2D eigenvalue weighted by Gasteiger charge is 2.35. The Morgan fingerprint density at radius 3 is 1.55 bits per heavy atom. The van der Waals surface area contributed by atoms with E-state index >= 15 is 0 Å². The molecule has 5 rings (SSSR count). The van der Waals surface area contributed by atoms with Crippen LogP contribution in [0.4, 0.5) is 0 Å². The third-order valence-corrected chi connectivity index (χ3v) is 5.57. The summed E-state index contributed by atoms with van der Waals surface area (Å²) in [5.41, 5.74) is 3.87. The van der Waals surface area contributed by atoms with Gasteiger partial charge in [-0.2, -0.15) is 0 Å². The molecule has 0 atom stereocenters. The molecule has 5 nitrogen and oxygen atoms in total. The van der Waals surface area contributed by atoms with Crippen LogP contribution in [0.25, 0.3) is 33.0 Å². The summed E-state index contributed by atoms with van der Waals surface area (Å²) in [6.07, 6.45) is 14.8. The number of para-hydroxylation sites is 2. The number of rotatable bonds is 4. The summed E-state index contributed by atoms with van der Waals surface area (Å²) < 4.78 is 3.82. The Bertz CT molecular complexity index is 1400. The van der Waals surface area contributed by atoms with Crippen LogP contribution >= 0.6 is 0 Å². The van der Waals surface area contributed by atoms with Gasteiger partial charge in [0.15, 0.2) is 0 Å². The van der Waals surface area contributed by atoms with E-state index in [1.54, 1.807) is 0 Å². The van der Waals surface area contributed by atoms with Gasteiger partial charge in [-0.05, 0) is 12.1 Å². The second kappa shape index (κ2) is 7.09. The Balaban J connectivity index is 1.85. The summed E-state index contributed by atoms with van der Waals surface area (Å²) in [4.78, 5) is 25.9. The molecule has 2 aromatic heterocycles. The number of aromatic nitrogens is 2. The van der Waals surface area contributed by atoms with E-state index in [0.29, 0.717) is 35.4 Å². The zero-order valence-electron chi connectivity index (χ0n) is 16.6. The Kier molecular flexibility index (Phi) is 4.24. The van der Waals surface area contributed by atoms with Gasteiger partial charge in [-0.3, -0.25) is 14.9 Å². The lowest BCUT2D eigenvalue weighted by atomic mass is 9.95. The molecule has 0 fully saturated rings. The lowest BCUT2D eigenvalue weighted by Gasteiger charge is -2.03. The van der Waals surface area contributed by atoms with Crippen LogP contribution in [0.2, 0.25) is 0 Å². The van der Waals surface area contributed by atoms with Crippen LogP contribution in [0, 0.1) is 24.7 Å². The van der Waals surface area contributed by atoms with Crippen molar-refractivity contribution in [2.75, 3.05) is 0 Å². The molecule has 2 amide bonds. The second-order valence-electron chi connectivity index (χ2n) is 7.32. The SMILES string of the molecule is C#CCn1cc(C2=C(c3cn(CC#C)c4ccccc34)C(=O)NC2=O)c2ccccc21. The molecule has 4 aromatic rings. The largest absolute Gasteiger partial charge is 0.335 e. The molecule has 1 aliphatic heterocycles. The number of hydrogen-bond acceptors (Lipinski definition) is 2. The van der Waals surface area contributed by atoms with Crippen LogP contribution in [0.15, 0.2) is 60.9 Å². The molecule has 1 N–H and O–H groups in total. The fraction of sp³-hybridized carbons (Fsp3) is 0.0769. The maximum atomic E-state index is 13.0. The molecule has 2 aromatic carbocycles. The first kappa shape index (κ1) is 18.5. The molecule has 0 bridgehead atoms. The standard InChI is InChI=1S/C26H17N3O2/c1-3-13-28-15-19(17-9-5-7-11-21(17)28)23-24(26(31)27-25(23)30)20-16-29(14-4-2)22-12-8-6-10-18(20)22/h1-2,5-12,15-16H,13-14H2,(H,27,30,31). The van der Waals surface area contributed by atoms with Crippen molar-refractivity contribution in [3.63, 3.8) is 0 Å². The minimum atomic E-state index is -0.419. The van der Waals surface area contributed by atoms with Crippen LogP contribution in [-0.4, -0.2) is 20.9 Å². The third kappa shape index (κ3) is 2.76. The van der Waals surface area contributed by atoms with Crippen molar-refractivity contribution in [1.82, 2.24) is 14.5 Å². The Hall–Kier alpha value is -4.48. The third-order valence-electron chi connectivity index (χ3n) is 5.57. The number of nitrogens with one attached hydrogen (secondary N) is 1. The summed E-state index contributed by atoms with van der Waals surface area (Å²) in [6, 6.07) is 15.4. The fourth-order valence-electron chi connectivity index (χ4n) is 4.32. The van der Waals surface area contributed by atoms with Crippen LogP contribution in [-0.2, 0) is 22.7 Å². The van der Waals surface area contributed by atoms with Gasteiger partial charge in [0, 0.05) is 45.3 Å². The second-order valence-corrected chi connectivity index (χ2v) is 7.32. The van der Waals surface area contributed by atoms with Gasteiger partial charge in [-0.15, -0.1) is 12.8 Å². The number of nitrogens with zero attached hydrogens (tertiary/aromatic N) is 2. The Morgan fingerprint density at radius 1 is 0.710 bits per heavy atom. The fourth-order valence-corrected chi connectivity index (χ4v) is 4.32. The zero-order chi connectivity index (χ0) is 21.5. The van der Waals surface area contributed by atoms with Crippen molar-refractivity contribution < 1.29 is 9.59 Å². The number of terminal acetylenes is 2. The summed E-state index contributed by atoms with van der Waals surface area (Å²) in [6.45, 7) is 0.723. The van der Waals surface area contributed by atoms with E-state index < -0.39 is 11.8 Å². The predicted molar refractivity (Wildman–Crippen MR) is 122 cm³/mol. The molecule has 3 heterocycles. The van der Waals surface area contributed by atoms with E-state index in [2.05, 4.69) is 17.2 Å². The van der Waals surface area contributed by atoms with Crippen molar-refractivity contribution in [3.05, 3.63) is 72.1 Å². The van der Waals surface area contributed by atoms with E-state index in [4.69, 9.17) is 12.8 Å². The monoisotopic (exact) mass is 403 g/mol. The van der Waals surface area contributed by atoms with E-state index in [1.807, 2.05) is 70.1 Å². The van der Waals surface area contributed by atoms with Gasteiger partial charge in [-0.25, -0.2) is 0 Å². The van der Waals surface area contributed by atoms with Gasteiger partial charge in [0.25, 0.3) is 11.8 Å². The van der Waals surface area contributed by atoms with Crippen LogP contribution in [0.1, 0.15) is 11.1 Å². The molecular weight excluding hydrogens is 386 g/mol. The number of carbonyl (C=O) groups is 2. The van der Waals surface area contributed by atoms with Crippen LogP contribution in [0.3, 0.4) is 0 Å². The molecular formula is C26H17N3O2. The normalized spacial score (nSPS) is 13.6. The topological polar surface area (TPSA) is 56.0 Å². The quantitative estimate of drug-likeness (QED) is 0.419. The van der Waals surface area contributed by atoms with Gasteiger partial charge >= 0.3 is 0 Å². The number of amides is 2. The average molecular weight is 403 g/mol. The van der Waals surface area contributed by atoms with Gasteiger partial charge in [0.1, 0.15) is 0 Å². The maximum Gasteiger partial charge on any atom is 0.259 e. The van der Waals surface area contributed by atoms with Crippen molar-refractivity contribution in [2.45, 2.75) is 13.1 Å². The Labute approximate surface area is 179 Å². The molecule has 0 aliphatic carbocycles. The van der Waals surface area contributed by atoms with E-state index in [1.165, 1.54) is 0 Å². The number of benzene rings is 2. The summed E-state index contributed by atoms with van der Waals surface area (Å²) >= 11 is 0. The highest BCUT2D eigenvalue weighted by Crippen LogP contribution is 2.38. The maximum absolute atomic E-state index is 13.0.